The van der Waals surface area contributed by atoms with E-state index in [9.17, 15) is 22.4 Å². The van der Waals surface area contributed by atoms with Crippen LogP contribution in [-0.4, -0.2) is 56.8 Å². The molecule has 1 N–H and O–H groups in total. The number of nitrogens with zero attached hydrogens (tertiary/aromatic N) is 2. The molecule has 36 heavy (non-hydrogen) atoms. The van der Waals surface area contributed by atoms with Gasteiger partial charge in [0.05, 0.1) is 11.4 Å². The lowest BCUT2D eigenvalue weighted by Crippen LogP contribution is -2.51. The summed E-state index contributed by atoms with van der Waals surface area (Å²) in [6.45, 7) is 6.88. The fraction of sp³-hybridized carbons (Fsp3) is 0.440. The maximum absolute atomic E-state index is 13.6. The van der Waals surface area contributed by atoms with Gasteiger partial charge in [0.2, 0.25) is 28.6 Å². The second-order valence-corrected chi connectivity index (χ2v) is 11.1. The Hall–Kier alpha value is -3.34. The quantitative estimate of drug-likeness (QED) is 0.488. The monoisotopic (exact) mass is 521 g/mol. The molecular formula is C25H32FN3O6S. The Bertz CT molecular complexity index is 1190. The zero-order chi connectivity index (χ0) is 26.5. The summed E-state index contributed by atoms with van der Waals surface area (Å²) < 4.78 is 51.1. The van der Waals surface area contributed by atoms with Crippen molar-refractivity contribution in [3.8, 4) is 11.5 Å². The number of benzene rings is 2. The summed E-state index contributed by atoms with van der Waals surface area (Å²) in [6.07, 6.45) is 0. The first-order valence-corrected chi connectivity index (χ1v) is 13.3. The number of fused-ring (bicyclic) bond motifs is 1. The van der Waals surface area contributed by atoms with E-state index in [-0.39, 0.29) is 36.6 Å². The number of hydrogen-bond donors (Lipinski definition) is 1. The third kappa shape index (κ3) is 6.66. The van der Waals surface area contributed by atoms with E-state index in [0.29, 0.717) is 23.6 Å². The highest BCUT2D eigenvalue weighted by atomic mass is 32.2. The van der Waals surface area contributed by atoms with E-state index in [1.54, 1.807) is 13.0 Å². The van der Waals surface area contributed by atoms with Gasteiger partial charge in [-0.05, 0) is 49.6 Å². The summed E-state index contributed by atoms with van der Waals surface area (Å²) in [4.78, 5) is 27.7. The first-order valence-electron chi connectivity index (χ1n) is 11.7. The Morgan fingerprint density at radius 2 is 1.72 bits per heavy atom. The summed E-state index contributed by atoms with van der Waals surface area (Å²) in [5.74, 6) is -0.556. The molecule has 0 aliphatic carbocycles. The number of anilines is 1. The van der Waals surface area contributed by atoms with E-state index >= 15 is 0 Å². The number of nitrogens with one attached hydrogen (secondary N) is 1. The van der Waals surface area contributed by atoms with Crippen LogP contribution in [0.2, 0.25) is 0 Å². The number of hydrogen-bond acceptors (Lipinski definition) is 6. The largest absolute Gasteiger partial charge is 0.454 e. The van der Waals surface area contributed by atoms with Crippen LogP contribution < -0.4 is 19.1 Å². The van der Waals surface area contributed by atoms with Crippen molar-refractivity contribution in [1.29, 1.82) is 0 Å². The second-order valence-electron chi connectivity index (χ2n) is 8.91. The number of carbonyl (C=O) groups is 2. The first kappa shape index (κ1) is 27.3. The van der Waals surface area contributed by atoms with Gasteiger partial charge in [0, 0.05) is 19.2 Å². The van der Waals surface area contributed by atoms with Gasteiger partial charge in [-0.2, -0.15) is 0 Å². The molecule has 2 amide bonds. The van der Waals surface area contributed by atoms with Gasteiger partial charge in [0.1, 0.15) is 18.4 Å². The lowest BCUT2D eigenvalue weighted by molar-refractivity contribution is -0.139. The molecule has 9 nitrogen and oxygen atoms in total. The van der Waals surface area contributed by atoms with Crippen molar-refractivity contribution in [2.75, 3.05) is 29.9 Å². The van der Waals surface area contributed by atoms with Crippen LogP contribution >= 0.6 is 0 Å². The highest BCUT2D eigenvalue weighted by Crippen LogP contribution is 2.36. The highest BCUT2D eigenvalue weighted by molar-refractivity contribution is 7.92. The van der Waals surface area contributed by atoms with Crippen molar-refractivity contribution in [3.63, 3.8) is 0 Å². The molecule has 1 aliphatic rings. The van der Waals surface area contributed by atoms with Gasteiger partial charge >= 0.3 is 0 Å². The molecule has 0 fully saturated rings. The van der Waals surface area contributed by atoms with Crippen molar-refractivity contribution in [2.24, 2.45) is 5.92 Å². The molecule has 1 heterocycles. The van der Waals surface area contributed by atoms with Crippen LogP contribution in [0.5, 0.6) is 11.5 Å². The number of sulfonamides is 1. The van der Waals surface area contributed by atoms with Gasteiger partial charge in [-0.1, -0.05) is 26.0 Å². The Balaban J connectivity index is 1.91. The SMILES string of the molecule is CCS(=O)(=O)N(CC(=O)N(Cc1ccc(F)cc1)C(C)C(=O)NCC(C)C)c1ccc2c(c1)OCO2. The van der Waals surface area contributed by atoms with Crippen LogP contribution in [0.3, 0.4) is 0 Å². The van der Waals surface area contributed by atoms with E-state index in [2.05, 4.69) is 5.32 Å². The minimum atomic E-state index is -3.87. The molecule has 3 rings (SSSR count). The summed E-state index contributed by atoms with van der Waals surface area (Å²) in [6, 6.07) is 9.30. The van der Waals surface area contributed by atoms with E-state index in [1.807, 2.05) is 13.8 Å². The van der Waals surface area contributed by atoms with Crippen LogP contribution in [0.1, 0.15) is 33.3 Å². The number of carbonyl (C=O) groups excluding carboxylic acids is 2. The van der Waals surface area contributed by atoms with E-state index < -0.39 is 34.3 Å². The Kier molecular flexibility index (Phi) is 8.78. The van der Waals surface area contributed by atoms with Crippen LogP contribution in [-0.2, 0) is 26.2 Å². The molecule has 0 radical (unpaired) electrons. The fourth-order valence-corrected chi connectivity index (χ4v) is 4.64. The summed E-state index contributed by atoms with van der Waals surface area (Å²) in [7, 11) is -3.87. The second kappa shape index (κ2) is 11.6. The molecule has 11 heteroatoms. The van der Waals surface area contributed by atoms with Crippen molar-refractivity contribution in [1.82, 2.24) is 10.2 Å². The van der Waals surface area contributed by atoms with Crippen molar-refractivity contribution < 1.29 is 31.9 Å². The van der Waals surface area contributed by atoms with Crippen molar-refractivity contribution >= 4 is 27.5 Å². The molecule has 0 aromatic heterocycles. The normalized spacial score (nSPS) is 13.4. The summed E-state index contributed by atoms with van der Waals surface area (Å²) in [5, 5.41) is 2.81. The van der Waals surface area contributed by atoms with Crippen LogP contribution in [0.15, 0.2) is 42.5 Å². The highest BCUT2D eigenvalue weighted by Gasteiger charge is 2.31. The Morgan fingerprint density at radius 3 is 2.36 bits per heavy atom. The lowest BCUT2D eigenvalue weighted by Gasteiger charge is -2.32. The molecule has 0 bridgehead atoms. The van der Waals surface area contributed by atoms with Gasteiger partial charge in [-0.25, -0.2) is 12.8 Å². The Morgan fingerprint density at radius 1 is 1.06 bits per heavy atom. The number of rotatable bonds is 11. The van der Waals surface area contributed by atoms with Gasteiger partial charge in [-0.3, -0.25) is 13.9 Å². The van der Waals surface area contributed by atoms with Crippen LogP contribution in [0, 0.1) is 11.7 Å². The van der Waals surface area contributed by atoms with Crippen molar-refractivity contribution in [2.45, 2.75) is 40.3 Å². The third-order valence-electron chi connectivity index (χ3n) is 5.74. The van der Waals surface area contributed by atoms with Gasteiger partial charge in [0.15, 0.2) is 11.5 Å². The molecule has 0 saturated heterocycles. The van der Waals surface area contributed by atoms with Crippen LogP contribution in [0.25, 0.3) is 0 Å². The third-order valence-corrected chi connectivity index (χ3v) is 7.48. The van der Waals surface area contributed by atoms with Crippen LogP contribution in [0.4, 0.5) is 10.1 Å². The number of ether oxygens (including phenoxy) is 2. The lowest BCUT2D eigenvalue weighted by atomic mass is 10.1. The molecule has 0 spiro atoms. The van der Waals surface area contributed by atoms with Crippen molar-refractivity contribution in [3.05, 3.63) is 53.8 Å². The van der Waals surface area contributed by atoms with E-state index in [1.165, 1.54) is 48.2 Å². The zero-order valence-corrected chi connectivity index (χ0v) is 21.7. The fourth-order valence-electron chi connectivity index (χ4n) is 3.58. The van der Waals surface area contributed by atoms with E-state index in [4.69, 9.17) is 9.47 Å². The molecule has 0 saturated carbocycles. The summed E-state index contributed by atoms with van der Waals surface area (Å²) in [5.41, 5.74) is 0.842. The number of halogens is 1. The van der Waals surface area contributed by atoms with Gasteiger partial charge in [0.25, 0.3) is 0 Å². The average molecular weight is 522 g/mol. The Labute approximate surface area is 211 Å². The maximum atomic E-state index is 13.6. The molecule has 2 aromatic rings. The number of amides is 2. The maximum Gasteiger partial charge on any atom is 0.244 e. The first-order chi connectivity index (χ1) is 17.0. The molecular weight excluding hydrogens is 489 g/mol. The van der Waals surface area contributed by atoms with Gasteiger partial charge < -0.3 is 19.7 Å². The summed E-state index contributed by atoms with van der Waals surface area (Å²) >= 11 is 0. The minimum absolute atomic E-state index is 0.00344. The van der Waals surface area contributed by atoms with E-state index in [0.717, 1.165) is 4.31 Å². The van der Waals surface area contributed by atoms with Gasteiger partial charge in [-0.15, -0.1) is 0 Å². The molecule has 1 aliphatic heterocycles. The minimum Gasteiger partial charge on any atom is -0.454 e. The topological polar surface area (TPSA) is 105 Å². The smallest absolute Gasteiger partial charge is 0.244 e. The molecule has 2 aromatic carbocycles. The molecule has 1 unspecified atom stereocenters. The zero-order valence-electron chi connectivity index (χ0n) is 20.9. The molecule has 196 valence electrons. The average Bonchev–Trinajstić information content (AvgIpc) is 3.32. The predicted molar refractivity (Wildman–Crippen MR) is 134 cm³/mol. The standard InChI is InChI=1S/C25H32FN3O6S/c1-5-36(32,33)29(21-10-11-22-23(12-21)35-16-34-22)15-24(30)28(14-19-6-8-20(26)9-7-19)18(4)25(31)27-13-17(2)3/h6-12,17-18H,5,13-16H2,1-4H3,(H,27,31). The molecule has 1 atom stereocenters. The predicted octanol–water partition coefficient (Wildman–Crippen LogP) is 2.90.